The molecule has 0 bridgehead atoms. The third-order valence-electron chi connectivity index (χ3n) is 7.64. The van der Waals surface area contributed by atoms with Crippen LogP contribution < -0.4 is 0 Å². The zero-order chi connectivity index (χ0) is 16.4. The predicted molar refractivity (Wildman–Crippen MR) is 87.5 cm³/mol. The van der Waals surface area contributed by atoms with E-state index in [4.69, 9.17) is 14.2 Å². The van der Waals surface area contributed by atoms with Crippen LogP contribution >= 0.6 is 0 Å². The molecule has 0 unspecified atom stereocenters. The van der Waals surface area contributed by atoms with Crippen LogP contribution in [0.1, 0.15) is 39.0 Å². The van der Waals surface area contributed by atoms with Crippen molar-refractivity contribution in [2.24, 2.45) is 23.2 Å². The number of hydrogen-bond donors (Lipinski definition) is 0. The Morgan fingerprint density at radius 2 is 2.04 bits per heavy atom. The highest BCUT2D eigenvalue weighted by Gasteiger charge is 2.65. The molecule has 1 spiro atoms. The summed E-state index contributed by atoms with van der Waals surface area (Å²) in [5.41, 5.74) is 0.442. The molecule has 134 valence electrons. The molecular weight excluding hydrogens is 306 g/mol. The van der Waals surface area contributed by atoms with Gasteiger partial charge in [0.25, 0.3) is 0 Å². The Kier molecular flexibility index (Phi) is 3.52. The molecular formula is C19H29NO4. The lowest BCUT2D eigenvalue weighted by atomic mass is 9.53. The van der Waals surface area contributed by atoms with E-state index in [1.165, 1.54) is 19.3 Å². The van der Waals surface area contributed by atoms with Gasteiger partial charge in [0.1, 0.15) is 6.10 Å². The van der Waals surface area contributed by atoms with Crippen LogP contribution in [0.4, 0.5) is 0 Å². The van der Waals surface area contributed by atoms with Gasteiger partial charge in [-0.25, -0.2) is 0 Å². The Bertz CT molecular complexity index is 527. The molecule has 0 aromatic carbocycles. The summed E-state index contributed by atoms with van der Waals surface area (Å²) in [6.07, 6.45) is 6.03. The number of morpholine rings is 1. The molecule has 6 atom stereocenters. The fourth-order valence-corrected chi connectivity index (χ4v) is 6.23. The van der Waals surface area contributed by atoms with E-state index in [1.807, 2.05) is 0 Å². The molecule has 3 aliphatic heterocycles. The SMILES string of the molecule is C[C@]12CCC[C@]3(CO3)[C@@H]1C[C@@H]1[C@H](CN3CCOCC3)C(=O)O[C@@H]1C2. The molecule has 3 heterocycles. The van der Waals surface area contributed by atoms with Gasteiger partial charge < -0.3 is 14.2 Å². The second kappa shape index (κ2) is 5.42. The van der Waals surface area contributed by atoms with Gasteiger partial charge in [-0.1, -0.05) is 6.92 Å². The van der Waals surface area contributed by atoms with Gasteiger partial charge in [-0.2, -0.15) is 0 Å². The summed E-state index contributed by atoms with van der Waals surface area (Å²) in [7, 11) is 0. The molecule has 5 nitrogen and oxygen atoms in total. The van der Waals surface area contributed by atoms with Crippen molar-refractivity contribution in [2.45, 2.75) is 50.7 Å². The van der Waals surface area contributed by atoms with Crippen molar-refractivity contribution in [1.29, 1.82) is 0 Å². The van der Waals surface area contributed by atoms with Crippen LogP contribution in [0.3, 0.4) is 0 Å². The molecule has 3 saturated heterocycles. The highest BCUT2D eigenvalue weighted by atomic mass is 16.6. The Morgan fingerprint density at radius 1 is 1.25 bits per heavy atom. The van der Waals surface area contributed by atoms with Gasteiger partial charge in [0.2, 0.25) is 0 Å². The molecule has 5 rings (SSSR count). The first-order chi connectivity index (χ1) is 11.6. The fourth-order valence-electron chi connectivity index (χ4n) is 6.23. The van der Waals surface area contributed by atoms with Gasteiger partial charge in [-0.3, -0.25) is 9.69 Å². The third kappa shape index (κ3) is 2.35. The quantitative estimate of drug-likeness (QED) is 0.569. The van der Waals surface area contributed by atoms with Crippen molar-refractivity contribution < 1.29 is 19.0 Å². The van der Waals surface area contributed by atoms with Gasteiger partial charge in [0.05, 0.1) is 31.3 Å². The first kappa shape index (κ1) is 15.6. The average Bonchev–Trinajstić information content (AvgIpc) is 3.27. The number of hydrogen-bond acceptors (Lipinski definition) is 5. The zero-order valence-electron chi connectivity index (χ0n) is 14.7. The Balaban J connectivity index is 1.36. The maximum absolute atomic E-state index is 12.6. The molecule has 5 heteroatoms. The highest BCUT2D eigenvalue weighted by molar-refractivity contribution is 5.75. The normalized spacial score (nSPS) is 51.1. The number of esters is 1. The molecule has 2 aliphatic carbocycles. The van der Waals surface area contributed by atoms with Crippen LogP contribution in [0.5, 0.6) is 0 Å². The fraction of sp³-hybridized carbons (Fsp3) is 0.947. The minimum Gasteiger partial charge on any atom is -0.462 e. The van der Waals surface area contributed by atoms with E-state index in [0.29, 0.717) is 17.3 Å². The number of ether oxygens (including phenoxy) is 3. The van der Waals surface area contributed by atoms with E-state index in [-0.39, 0.29) is 23.6 Å². The van der Waals surface area contributed by atoms with Crippen molar-refractivity contribution in [1.82, 2.24) is 4.90 Å². The average molecular weight is 335 g/mol. The molecule has 0 amide bonds. The second-order valence-electron chi connectivity index (χ2n) is 9.01. The summed E-state index contributed by atoms with van der Waals surface area (Å²) in [5.74, 6) is 1.10. The maximum atomic E-state index is 12.6. The lowest BCUT2D eigenvalue weighted by Gasteiger charge is -2.51. The van der Waals surface area contributed by atoms with Crippen molar-refractivity contribution >= 4 is 5.97 Å². The van der Waals surface area contributed by atoms with Gasteiger partial charge >= 0.3 is 5.97 Å². The van der Waals surface area contributed by atoms with Crippen LogP contribution in [0.2, 0.25) is 0 Å². The molecule has 5 aliphatic rings. The Morgan fingerprint density at radius 3 is 2.79 bits per heavy atom. The molecule has 0 N–H and O–H groups in total. The second-order valence-corrected chi connectivity index (χ2v) is 9.01. The van der Waals surface area contributed by atoms with E-state index >= 15 is 0 Å². The Labute approximate surface area is 144 Å². The summed E-state index contributed by atoms with van der Waals surface area (Å²) in [5, 5.41) is 0. The first-order valence-electron chi connectivity index (χ1n) is 9.74. The summed E-state index contributed by atoms with van der Waals surface area (Å²) in [4.78, 5) is 15.0. The topological polar surface area (TPSA) is 51.3 Å². The molecule has 5 fully saturated rings. The van der Waals surface area contributed by atoms with E-state index in [9.17, 15) is 4.79 Å². The van der Waals surface area contributed by atoms with E-state index in [2.05, 4.69) is 11.8 Å². The van der Waals surface area contributed by atoms with Gasteiger partial charge in [-0.15, -0.1) is 0 Å². The highest BCUT2D eigenvalue weighted by Crippen LogP contribution is 2.62. The molecule has 0 aromatic rings. The van der Waals surface area contributed by atoms with Crippen LogP contribution in [-0.4, -0.2) is 62.0 Å². The molecule has 2 saturated carbocycles. The first-order valence-corrected chi connectivity index (χ1v) is 9.74. The molecule has 0 radical (unpaired) electrons. The van der Waals surface area contributed by atoms with Gasteiger partial charge in [0.15, 0.2) is 0 Å². The molecule has 0 aromatic heterocycles. The smallest absolute Gasteiger partial charge is 0.310 e. The predicted octanol–water partition coefficient (Wildman–Crippen LogP) is 1.85. The zero-order valence-corrected chi connectivity index (χ0v) is 14.7. The Hall–Kier alpha value is -0.650. The third-order valence-corrected chi connectivity index (χ3v) is 7.64. The summed E-state index contributed by atoms with van der Waals surface area (Å²) in [6.45, 7) is 7.65. The van der Waals surface area contributed by atoms with Crippen molar-refractivity contribution in [2.75, 3.05) is 39.5 Å². The number of fused-ring (bicyclic) bond motifs is 3. The number of rotatable bonds is 2. The summed E-state index contributed by atoms with van der Waals surface area (Å²) >= 11 is 0. The number of carbonyl (C=O) groups is 1. The number of epoxide rings is 1. The number of nitrogens with zero attached hydrogens (tertiary/aromatic N) is 1. The lowest BCUT2D eigenvalue weighted by molar-refractivity contribution is -0.147. The van der Waals surface area contributed by atoms with Crippen LogP contribution in [0.15, 0.2) is 0 Å². The van der Waals surface area contributed by atoms with Gasteiger partial charge in [0, 0.05) is 25.6 Å². The summed E-state index contributed by atoms with van der Waals surface area (Å²) < 4.78 is 17.3. The van der Waals surface area contributed by atoms with E-state index in [0.717, 1.165) is 52.3 Å². The summed E-state index contributed by atoms with van der Waals surface area (Å²) in [6, 6.07) is 0. The van der Waals surface area contributed by atoms with E-state index in [1.54, 1.807) is 0 Å². The van der Waals surface area contributed by atoms with Crippen LogP contribution in [0.25, 0.3) is 0 Å². The van der Waals surface area contributed by atoms with Gasteiger partial charge in [-0.05, 0) is 43.4 Å². The van der Waals surface area contributed by atoms with E-state index < -0.39 is 0 Å². The van der Waals surface area contributed by atoms with Crippen LogP contribution in [-0.2, 0) is 19.0 Å². The minimum atomic E-state index is 0.0458. The van der Waals surface area contributed by atoms with Crippen molar-refractivity contribution in [3.8, 4) is 0 Å². The van der Waals surface area contributed by atoms with Crippen LogP contribution in [0, 0.1) is 23.2 Å². The van der Waals surface area contributed by atoms with Crippen molar-refractivity contribution in [3.63, 3.8) is 0 Å². The van der Waals surface area contributed by atoms with Crippen molar-refractivity contribution in [3.05, 3.63) is 0 Å². The molecule has 24 heavy (non-hydrogen) atoms. The largest absolute Gasteiger partial charge is 0.462 e. The lowest BCUT2D eigenvalue weighted by Crippen LogP contribution is -2.51. The minimum absolute atomic E-state index is 0.0458. The number of carbonyl (C=O) groups excluding carboxylic acids is 1. The standard InChI is InChI=1S/C19H29NO4/c1-18-3-2-4-19(12-23-19)16(18)9-13-14(17(21)24-15(13)10-18)11-20-5-7-22-8-6-20/h13-16H,2-12H2,1H3/t13-,14+,15-,16-,18-,19+/m1/s1. The monoisotopic (exact) mass is 335 g/mol. The maximum Gasteiger partial charge on any atom is 0.310 e.